The maximum atomic E-state index is 14.1. The summed E-state index contributed by atoms with van der Waals surface area (Å²) in [6.07, 6.45) is 0.150. The fourth-order valence-corrected chi connectivity index (χ4v) is 2.60. The van der Waals surface area contributed by atoms with Crippen LogP contribution in [0.2, 0.25) is 5.02 Å². The highest BCUT2D eigenvalue weighted by Crippen LogP contribution is 2.32. The van der Waals surface area contributed by atoms with Gasteiger partial charge in [-0.2, -0.15) is 0 Å². The number of halogens is 3. The Morgan fingerprint density at radius 1 is 1.14 bits per heavy atom. The van der Waals surface area contributed by atoms with E-state index in [1.807, 2.05) is 0 Å². The van der Waals surface area contributed by atoms with E-state index in [1.165, 1.54) is 24.3 Å². The molecule has 0 radical (unpaired) electrons. The third kappa shape index (κ3) is 3.23. The Hall–Kier alpha value is -1.49. The minimum absolute atomic E-state index is 0.0112. The Labute approximate surface area is 127 Å². The first-order valence-electron chi connectivity index (χ1n) is 6.52. The number of nitrogens with two attached hydrogens (primary N) is 1. The van der Waals surface area contributed by atoms with Crippen LogP contribution in [0.1, 0.15) is 11.1 Å². The summed E-state index contributed by atoms with van der Waals surface area (Å²) < 4.78 is 27.5. The number of hydrogen-bond donors (Lipinski definition) is 2. The van der Waals surface area contributed by atoms with Crippen LogP contribution in [0.5, 0.6) is 0 Å². The first-order chi connectivity index (χ1) is 10.0. The highest BCUT2D eigenvalue weighted by molar-refractivity contribution is 6.31. The van der Waals surface area contributed by atoms with Crippen LogP contribution in [0, 0.1) is 11.6 Å². The molecule has 1 unspecified atom stereocenters. The molecule has 0 bridgehead atoms. The van der Waals surface area contributed by atoms with Gasteiger partial charge in [-0.3, -0.25) is 0 Å². The van der Waals surface area contributed by atoms with Crippen LogP contribution in [-0.2, 0) is 11.8 Å². The molecule has 1 atom stereocenters. The number of aliphatic hydroxyl groups is 1. The van der Waals surface area contributed by atoms with E-state index < -0.39 is 17.0 Å². The van der Waals surface area contributed by atoms with Gasteiger partial charge in [-0.1, -0.05) is 29.8 Å². The fourth-order valence-electron chi connectivity index (χ4n) is 2.42. The van der Waals surface area contributed by atoms with Crippen molar-refractivity contribution in [2.45, 2.75) is 11.8 Å². The number of rotatable bonds is 5. The quantitative estimate of drug-likeness (QED) is 0.891. The minimum atomic E-state index is -1.04. The van der Waals surface area contributed by atoms with Gasteiger partial charge in [0.1, 0.15) is 11.6 Å². The van der Waals surface area contributed by atoms with Gasteiger partial charge in [-0.25, -0.2) is 8.78 Å². The first kappa shape index (κ1) is 15.9. The zero-order chi connectivity index (χ0) is 15.5. The zero-order valence-corrected chi connectivity index (χ0v) is 12.1. The number of aliphatic hydroxyl groups excluding tert-OH is 1. The van der Waals surface area contributed by atoms with Gasteiger partial charge in [-0.05, 0) is 41.8 Å². The van der Waals surface area contributed by atoms with Crippen molar-refractivity contribution < 1.29 is 13.9 Å². The lowest BCUT2D eigenvalue weighted by atomic mass is 9.76. The van der Waals surface area contributed by atoms with Gasteiger partial charge in [0.05, 0.1) is 6.61 Å². The second-order valence-corrected chi connectivity index (χ2v) is 5.44. The molecule has 0 aliphatic rings. The number of benzene rings is 2. The lowest BCUT2D eigenvalue weighted by Gasteiger charge is -2.32. The second-order valence-electron chi connectivity index (χ2n) is 5.03. The van der Waals surface area contributed by atoms with Crippen LogP contribution < -0.4 is 5.73 Å². The molecule has 112 valence electrons. The van der Waals surface area contributed by atoms with Crippen molar-refractivity contribution in [1.29, 1.82) is 0 Å². The van der Waals surface area contributed by atoms with Gasteiger partial charge >= 0.3 is 0 Å². The zero-order valence-electron chi connectivity index (χ0n) is 11.3. The minimum Gasteiger partial charge on any atom is -0.395 e. The largest absolute Gasteiger partial charge is 0.395 e. The standard InChI is InChI=1S/C16H16ClF2NO/c17-14-6-5-12(18)7-11(14)8-16(9-20,10-21)13-3-1-2-4-15(13)19/h1-7,21H,8-10,20H2. The van der Waals surface area contributed by atoms with Gasteiger partial charge < -0.3 is 10.8 Å². The van der Waals surface area contributed by atoms with E-state index in [-0.39, 0.29) is 19.6 Å². The molecule has 0 spiro atoms. The molecule has 0 saturated heterocycles. The van der Waals surface area contributed by atoms with Crippen molar-refractivity contribution in [2.24, 2.45) is 5.73 Å². The summed E-state index contributed by atoms with van der Waals surface area (Å²) in [4.78, 5) is 0. The molecule has 0 saturated carbocycles. The number of hydrogen-bond acceptors (Lipinski definition) is 2. The second kappa shape index (κ2) is 6.52. The summed E-state index contributed by atoms with van der Waals surface area (Å²) in [7, 11) is 0. The molecule has 0 amide bonds. The van der Waals surface area contributed by atoms with Gasteiger partial charge in [0.15, 0.2) is 0 Å². The third-order valence-electron chi connectivity index (χ3n) is 3.68. The molecule has 0 aliphatic heterocycles. The third-order valence-corrected chi connectivity index (χ3v) is 4.04. The van der Waals surface area contributed by atoms with Crippen molar-refractivity contribution in [3.63, 3.8) is 0 Å². The molecular weight excluding hydrogens is 296 g/mol. The van der Waals surface area contributed by atoms with E-state index in [9.17, 15) is 13.9 Å². The van der Waals surface area contributed by atoms with Crippen molar-refractivity contribution >= 4 is 11.6 Å². The molecule has 0 heterocycles. The average Bonchev–Trinajstić information content (AvgIpc) is 2.49. The van der Waals surface area contributed by atoms with E-state index >= 15 is 0 Å². The summed E-state index contributed by atoms with van der Waals surface area (Å²) in [5.74, 6) is -0.892. The highest BCUT2D eigenvalue weighted by atomic mass is 35.5. The summed E-state index contributed by atoms with van der Waals surface area (Å²) in [5, 5.41) is 10.2. The van der Waals surface area contributed by atoms with Crippen molar-refractivity contribution in [3.05, 3.63) is 70.2 Å². The molecule has 3 N–H and O–H groups in total. The van der Waals surface area contributed by atoms with E-state index in [4.69, 9.17) is 17.3 Å². The molecule has 21 heavy (non-hydrogen) atoms. The lowest BCUT2D eigenvalue weighted by molar-refractivity contribution is 0.192. The first-order valence-corrected chi connectivity index (χ1v) is 6.90. The molecule has 0 fully saturated rings. The predicted octanol–water partition coefficient (Wildman–Crippen LogP) is 3.05. The van der Waals surface area contributed by atoms with Gasteiger partial charge in [0, 0.05) is 17.0 Å². The maximum Gasteiger partial charge on any atom is 0.127 e. The summed E-state index contributed by atoms with van der Waals surface area (Å²) in [6, 6.07) is 10.1. The van der Waals surface area contributed by atoms with Crippen molar-refractivity contribution in [3.8, 4) is 0 Å². The van der Waals surface area contributed by atoms with Crippen LogP contribution in [0.3, 0.4) is 0 Å². The van der Waals surface area contributed by atoms with Crippen molar-refractivity contribution in [2.75, 3.05) is 13.2 Å². The van der Waals surface area contributed by atoms with Crippen molar-refractivity contribution in [1.82, 2.24) is 0 Å². The highest BCUT2D eigenvalue weighted by Gasteiger charge is 2.33. The van der Waals surface area contributed by atoms with Crippen LogP contribution >= 0.6 is 11.6 Å². The van der Waals surface area contributed by atoms with E-state index in [0.29, 0.717) is 16.1 Å². The van der Waals surface area contributed by atoms with Gasteiger partial charge in [-0.15, -0.1) is 0 Å². The molecular formula is C16H16ClF2NO. The Kier molecular flexibility index (Phi) is 4.93. The lowest BCUT2D eigenvalue weighted by Crippen LogP contribution is -2.41. The molecule has 5 heteroatoms. The normalized spacial score (nSPS) is 14.0. The van der Waals surface area contributed by atoms with Crippen LogP contribution in [-0.4, -0.2) is 18.3 Å². The molecule has 0 aromatic heterocycles. The van der Waals surface area contributed by atoms with Crippen LogP contribution in [0.25, 0.3) is 0 Å². The topological polar surface area (TPSA) is 46.2 Å². The Morgan fingerprint density at radius 3 is 2.48 bits per heavy atom. The Bertz CT molecular complexity index is 629. The summed E-state index contributed by atoms with van der Waals surface area (Å²) in [5.41, 5.74) is 5.54. The van der Waals surface area contributed by atoms with Gasteiger partial charge in [0.25, 0.3) is 0 Å². The Morgan fingerprint density at radius 2 is 1.86 bits per heavy atom. The van der Waals surface area contributed by atoms with E-state index in [2.05, 4.69) is 0 Å². The monoisotopic (exact) mass is 311 g/mol. The summed E-state index contributed by atoms with van der Waals surface area (Å²) in [6.45, 7) is -0.353. The van der Waals surface area contributed by atoms with Gasteiger partial charge in [0.2, 0.25) is 0 Å². The average molecular weight is 312 g/mol. The smallest absolute Gasteiger partial charge is 0.127 e. The maximum absolute atomic E-state index is 14.1. The molecule has 2 aromatic rings. The molecule has 2 aromatic carbocycles. The molecule has 2 rings (SSSR count). The summed E-state index contributed by atoms with van der Waals surface area (Å²) >= 11 is 6.06. The SMILES string of the molecule is NCC(CO)(Cc1cc(F)ccc1Cl)c1ccccc1F. The molecule has 2 nitrogen and oxygen atoms in total. The van der Waals surface area contributed by atoms with Crippen LogP contribution in [0.4, 0.5) is 8.78 Å². The molecule has 0 aliphatic carbocycles. The predicted molar refractivity (Wildman–Crippen MR) is 79.3 cm³/mol. The van der Waals surface area contributed by atoms with Crippen LogP contribution in [0.15, 0.2) is 42.5 Å². The van der Waals surface area contributed by atoms with E-state index in [1.54, 1.807) is 18.2 Å². The fraction of sp³-hybridized carbons (Fsp3) is 0.250. The van der Waals surface area contributed by atoms with E-state index in [0.717, 1.165) is 0 Å². The Balaban J connectivity index is 2.48.